The minimum Gasteiger partial charge on any atom is -0.481 e. The van der Waals surface area contributed by atoms with Gasteiger partial charge in [0.15, 0.2) is 0 Å². The van der Waals surface area contributed by atoms with E-state index in [-0.39, 0.29) is 18.5 Å². The lowest BCUT2D eigenvalue weighted by Gasteiger charge is -2.16. The quantitative estimate of drug-likeness (QED) is 0.234. The minimum atomic E-state index is 0.0996. The lowest BCUT2D eigenvalue weighted by Crippen LogP contribution is -2.35. The average molecular weight is 594 g/mol. The molecule has 0 radical (unpaired) electrons. The fraction of sp³-hybridized carbons (Fsp3) is 0.267. The van der Waals surface area contributed by atoms with Crippen molar-refractivity contribution in [1.82, 2.24) is 25.6 Å². The Bertz CT molecular complexity index is 1580. The molecule has 41 heavy (non-hydrogen) atoms. The zero-order valence-corrected chi connectivity index (χ0v) is 24.2. The lowest BCUT2D eigenvalue weighted by molar-refractivity contribution is -0.119. The largest absolute Gasteiger partial charge is 0.481 e. The van der Waals surface area contributed by atoms with Gasteiger partial charge in [-0.3, -0.25) is 9.78 Å². The van der Waals surface area contributed by atoms with E-state index in [0.29, 0.717) is 64.0 Å². The maximum atomic E-state index is 11.4. The predicted molar refractivity (Wildman–Crippen MR) is 160 cm³/mol. The van der Waals surface area contributed by atoms with Gasteiger partial charge in [0.25, 0.3) is 0 Å². The molecule has 0 spiro atoms. The first kappa shape index (κ1) is 28.8. The Balaban J connectivity index is 1.43. The summed E-state index contributed by atoms with van der Waals surface area (Å²) in [4.78, 5) is 25.1. The number of hydrogen-bond donors (Lipinski definition) is 3. The van der Waals surface area contributed by atoms with E-state index in [2.05, 4.69) is 20.6 Å². The van der Waals surface area contributed by atoms with Crippen molar-refractivity contribution in [2.45, 2.75) is 32.0 Å². The molecule has 0 bridgehead atoms. The zero-order valence-electron chi connectivity index (χ0n) is 22.7. The molecular formula is C30H30Cl2N6O3. The van der Waals surface area contributed by atoms with Crippen LogP contribution >= 0.6 is 23.2 Å². The van der Waals surface area contributed by atoms with E-state index in [0.717, 1.165) is 28.7 Å². The molecule has 2 aromatic heterocycles. The maximum Gasteiger partial charge on any atom is 0.237 e. The molecule has 0 aliphatic carbocycles. The van der Waals surface area contributed by atoms with E-state index in [1.165, 1.54) is 7.11 Å². The van der Waals surface area contributed by atoms with Crippen LogP contribution in [0.1, 0.15) is 24.1 Å². The van der Waals surface area contributed by atoms with E-state index < -0.39 is 0 Å². The highest BCUT2D eigenvalue weighted by Crippen LogP contribution is 2.42. The van der Waals surface area contributed by atoms with E-state index in [1.807, 2.05) is 48.5 Å². The number of carbonyl (C=O) groups is 1. The Morgan fingerprint density at radius 2 is 1.56 bits per heavy atom. The molecule has 2 aromatic carbocycles. The maximum absolute atomic E-state index is 11.4. The fourth-order valence-electron chi connectivity index (χ4n) is 4.85. The smallest absolute Gasteiger partial charge is 0.237 e. The summed E-state index contributed by atoms with van der Waals surface area (Å²) < 4.78 is 11.0. The zero-order chi connectivity index (χ0) is 28.9. The van der Waals surface area contributed by atoms with Crippen LogP contribution in [0.15, 0.2) is 54.7 Å². The topological polar surface area (TPSA) is 124 Å². The van der Waals surface area contributed by atoms with Gasteiger partial charge >= 0.3 is 0 Å². The van der Waals surface area contributed by atoms with Crippen molar-refractivity contribution in [1.29, 1.82) is 0 Å². The van der Waals surface area contributed by atoms with Gasteiger partial charge in [0.1, 0.15) is 5.69 Å². The van der Waals surface area contributed by atoms with Gasteiger partial charge in [0, 0.05) is 59.9 Å². The van der Waals surface area contributed by atoms with E-state index in [1.54, 1.807) is 13.3 Å². The van der Waals surface area contributed by atoms with Gasteiger partial charge in [0.2, 0.25) is 17.7 Å². The van der Waals surface area contributed by atoms with Crippen LogP contribution in [0.4, 0.5) is 0 Å². The summed E-state index contributed by atoms with van der Waals surface area (Å²) in [6, 6.07) is 15.4. The van der Waals surface area contributed by atoms with Gasteiger partial charge in [-0.2, -0.15) is 0 Å². The van der Waals surface area contributed by atoms with Crippen molar-refractivity contribution < 1.29 is 14.3 Å². The number of nitrogens with one attached hydrogen (secondary N) is 2. The molecule has 0 unspecified atom stereocenters. The van der Waals surface area contributed by atoms with Crippen molar-refractivity contribution in [3.63, 3.8) is 0 Å². The number of ether oxygens (including phenoxy) is 2. The molecule has 1 saturated heterocycles. The van der Waals surface area contributed by atoms with Gasteiger partial charge < -0.3 is 25.8 Å². The Hall–Kier alpha value is -3.76. The number of aromatic nitrogens is 3. The number of hydrogen-bond acceptors (Lipinski definition) is 8. The molecule has 1 aliphatic heterocycles. The summed E-state index contributed by atoms with van der Waals surface area (Å²) in [5.74, 6) is 0.957. The first-order valence-electron chi connectivity index (χ1n) is 13.2. The summed E-state index contributed by atoms with van der Waals surface area (Å²) in [7, 11) is 3.12. The van der Waals surface area contributed by atoms with Crippen LogP contribution in [0.25, 0.3) is 33.6 Å². The number of amides is 1. The third-order valence-corrected chi connectivity index (χ3v) is 7.78. The number of nitrogens with two attached hydrogens (primary N) is 1. The molecule has 1 atom stereocenters. The SMILES string of the molecule is COc1nc(-c2cccc(-c3cccc(-c4cnc(CN)c(OC)n4)c3Cl)c2Cl)ccc1CNC[C@@H]1CCC(=O)N1. The second-order valence-corrected chi connectivity index (χ2v) is 10.3. The highest BCUT2D eigenvalue weighted by atomic mass is 35.5. The Morgan fingerprint density at radius 3 is 2.17 bits per heavy atom. The van der Waals surface area contributed by atoms with Crippen LogP contribution in [-0.2, 0) is 17.9 Å². The molecule has 1 fully saturated rings. The molecule has 212 valence electrons. The van der Waals surface area contributed by atoms with E-state index >= 15 is 0 Å². The van der Waals surface area contributed by atoms with Crippen molar-refractivity contribution in [2.24, 2.45) is 5.73 Å². The second-order valence-electron chi connectivity index (χ2n) is 9.55. The second kappa shape index (κ2) is 12.8. The molecule has 1 amide bonds. The van der Waals surface area contributed by atoms with Gasteiger partial charge in [0.05, 0.1) is 41.8 Å². The Labute approximate surface area is 248 Å². The van der Waals surface area contributed by atoms with Crippen LogP contribution in [0.3, 0.4) is 0 Å². The molecule has 5 rings (SSSR count). The summed E-state index contributed by atoms with van der Waals surface area (Å²) in [6.45, 7) is 1.45. The third kappa shape index (κ3) is 6.13. The fourth-order valence-corrected chi connectivity index (χ4v) is 5.50. The molecule has 1 aliphatic rings. The molecular weight excluding hydrogens is 563 g/mol. The number of nitrogens with zero attached hydrogens (tertiary/aromatic N) is 3. The van der Waals surface area contributed by atoms with Gasteiger partial charge in [-0.25, -0.2) is 9.97 Å². The Morgan fingerprint density at radius 1 is 0.927 bits per heavy atom. The van der Waals surface area contributed by atoms with Crippen molar-refractivity contribution >= 4 is 29.1 Å². The Kier molecular flexibility index (Phi) is 8.99. The molecule has 4 N–H and O–H groups in total. The summed E-state index contributed by atoms with van der Waals surface area (Å²) in [5, 5.41) is 7.33. The number of carbonyl (C=O) groups excluding carboxylic acids is 1. The first-order chi connectivity index (χ1) is 19.9. The van der Waals surface area contributed by atoms with Crippen molar-refractivity contribution in [3.05, 3.63) is 76.0 Å². The number of rotatable bonds is 10. The molecule has 11 heteroatoms. The number of benzene rings is 2. The van der Waals surface area contributed by atoms with Crippen LogP contribution in [-0.4, -0.2) is 47.7 Å². The highest BCUT2D eigenvalue weighted by Gasteiger charge is 2.21. The van der Waals surface area contributed by atoms with Crippen molar-refractivity contribution in [2.75, 3.05) is 20.8 Å². The standard InChI is InChI=1S/C30H30Cl2N6O3/c1-40-29-17(14-34-15-18-10-12-26(39)36-18)9-11-23(37-29)21-7-3-5-19(27(21)31)20-6-4-8-22(28(20)32)25-16-35-24(13-33)30(38-25)41-2/h3-9,11,16,18,34H,10,12-15,33H2,1-2H3,(H,36,39)/t18-/m0/s1. The number of pyridine rings is 1. The number of methoxy groups -OCH3 is 2. The third-order valence-electron chi connectivity index (χ3n) is 6.96. The van der Waals surface area contributed by atoms with Gasteiger partial charge in [-0.1, -0.05) is 65.7 Å². The van der Waals surface area contributed by atoms with Gasteiger partial charge in [-0.05, 0) is 12.5 Å². The average Bonchev–Trinajstić information content (AvgIpc) is 3.42. The summed E-state index contributed by atoms with van der Waals surface area (Å²) in [6.07, 6.45) is 3.04. The lowest BCUT2D eigenvalue weighted by atomic mass is 9.98. The van der Waals surface area contributed by atoms with E-state index in [9.17, 15) is 4.79 Å². The monoisotopic (exact) mass is 592 g/mol. The molecule has 0 saturated carbocycles. The molecule has 9 nitrogen and oxygen atoms in total. The normalized spacial score (nSPS) is 14.7. The minimum absolute atomic E-state index is 0.0996. The highest BCUT2D eigenvalue weighted by molar-refractivity contribution is 6.39. The van der Waals surface area contributed by atoms with E-state index in [4.69, 9.17) is 43.4 Å². The predicted octanol–water partition coefficient (Wildman–Crippen LogP) is 5.02. The van der Waals surface area contributed by atoms with Crippen LogP contribution in [0.5, 0.6) is 11.8 Å². The van der Waals surface area contributed by atoms with Crippen LogP contribution < -0.4 is 25.8 Å². The van der Waals surface area contributed by atoms with Crippen LogP contribution in [0, 0.1) is 0 Å². The molecule has 3 heterocycles. The molecule has 4 aromatic rings. The first-order valence-corrected chi connectivity index (χ1v) is 13.9. The van der Waals surface area contributed by atoms with Gasteiger partial charge in [-0.15, -0.1) is 0 Å². The number of halogens is 2. The summed E-state index contributed by atoms with van der Waals surface area (Å²) in [5.41, 5.74) is 11.4. The van der Waals surface area contributed by atoms with Crippen LogP contribution in [0.2, 0.25) is 10.0 Å². The summed E-state index contributed by atoms with van der Waals surface area (Å²) >= 11 is 13.9. The van der Waals surface area contributed by atoms with Crippen molar-refractivity contribution in [3.8, 4) is 45.4 Å².